The summed E-state index contributed by atoms with van der Waals surface area (Å²) in [7, 11) is 0. The van der Waals surface area contributed by atoms with E-state index >= 15 is 0 Å². The molecule has 106 valence electrons. The molecule has 1 N–H and O–H groups in total. The number of hydrogen-bond donors (Lipinski definition) is 1. The fourth-order valence-electron chi connectivity index (χ4n) is 3.18. The van der Waals surface area contributed by atoms with Gasteiger partial charge in [0.1, 0.15) is 5.75 Å². The van der Waals surface area contributed by atoms with Gasteiger partial charge in [0.2, 0.25) is 0 Å². The number of phenols is 1. The van der Waals surface area contributed by atoms with Gasteiger partial charge in [-0.1, -0.05) is 25.1 Å². The number of nitrogens with zero attached hydrogens (tertiary/aromatic N) is 1. The fraction of sp³-hybridized carbons (Fsp3) is 0.625. The molecule has 1 fully saturated rings. The molecule has 2 rings (SSSR count). The Bertz CT molecular complexity index is 431. The maximum atomic E-state index is 10.1. The van der Waals surface area contributed by atoms with Crippen LogP contribution >= 0.6 is 0 Å². The average molecular weight is 263 g/mol. The molecule has 1 aliphatic rings. The molecule has 0 spiro atoms. The second-order valence-electron chi connectivity index (χ2n) is 6.10. The molecule has 1 aliphatic heterocycles. The zero-order valence-corrected chi connectivity index (χ0v) is 12.4. The lowest BCUT2D eigenvalue weighted by Crippen LogP contribution is -2.52. The largest absolute Gasteiger partial charge is 0.508 e. The van der Waals surface area contributed by atoms with Gasteiger partial charge in [-0.2, -0.15) is 0 Å². The van der Waals surface area contributed by atoms with Crippen LogP contribution in [-0.2, 0) is 4.74 Å². The molecule has 3 nitrogen and oxygen atoms in total. The third kappa shape index (κ3) is 3.28. The van der Waals surface area contributed by atoms with Crippen LogP contribution in [0.3, 0.4) is 0 Å². The number of rotatable bonds is 3. The maximum Gasteiger partial charge on any atom is 0.120 e. The Kier molecular flexibility index (Phi) is 4.16. The minimum Gasteiger partial charge on any atom is -0.508 e. The molecular formula is C16H25NO2. The number of hydrogen-bond acceptors (Lipinski definition) is 3. The Labute approximate surface area is 116 Å². The van der Waals surface area contributed by atoms with Gasteiger partial charge in [-0.15, -0.1) is 0 Å². The van der Waals surface area contributed by atoms with Crippen LogP contribution in [0.15, 0.2) is 24.3 Å². The SMILES string of the molecule is CCC(c1ccccc1O)N1CC(C)OC(C)(C)C1. The van der Waals surface area contributed by atoms with E-state index in [1.165, 1.54) is 0 Å². The van der Waals surface area contributed by atoms with Crippen molar-refractivity contribution in [2.24, 2.45) is 0 Å². The summed E-state index contributed by atoms with van der Waals surface area (Å²) in [6, 6.07) is 7.92. The fourth-order valence-corrected chi connectivity index (χ4v) is 3.18. The Morgan fingerprint density at radius 3 is 2.68 bits per heavy atom. The highest BCUT2D eigenvalue weighted by atomic mass is 16.5. The Hall–Kier alpha value is -1.06. The predicted molar refractivity (Wildman–Crippen MR) is 77.3 cm³/mol. The zero-order chi connectivity index (χ0) is 14.0. The Morgan fingerprint density at radius 1 is 1.42 bits per heavy atom. The highest BCUT2D eigenvalue weighted by Crippen LogP contribution is 2.34. The van der Waals surface area contributed by atoms with E-state index in [1.54, 1.807) is 6.07 Å². The lowest BCUT2D eigenvalue weighted by atomic mass is 9.97. The predicted octanol–water partition coefficient (Wildman–Crippen LogP) is 3.34. The molecule has 0 aliphatic carbocycles. The molecule has 3 heteroatoms. The highest BCUT2D eigenvalue weighted by molar-refractivity contribution is 5.34. The van der Waals surface area contributed by atoms with Crippen LogP contribution in [0.4, 0.5) is 0 Å². The summed E-state index contributed by atoms with van der Waals surface area (Å²) < 4.78 is 5.96. The smallest absolute Gasteiger partial charge is 0.120 e. The van der Waals surface area contributed by atoms with Crippen LogP contribution in [0, 0.1) is 0 Å². The van der Waals surface area contributed by atoms with Crippen LogP contribution in [0.1, 0.15) is 45.7 Å². The number of ether oxygens (including phenoxy) is 1. The summed E-state index contributed by atoms with van der Waals surface area (Å²) in [6.45, 7) is 10.4. The second kappa shape index (κ2) is 5.51. The van der Waals surface area contributed by atoms with Crippen molar-refractivity contribution in [2.75, 3.05) is 13.1 Å². The number of para-hydroxylation sites is 1. The van der Waals surface area contributed by atoms with Gasteiger partial charge >= 0.3 is 0 Å². The first kappa shape index (κ1) is 14.4. The standard InChI is InChI=1S/C16H25NO2/c1-5-14(13-8-6-7-9-15(13)18)17-10-12(2)19-16(3,4)11-17/h6-9,12,14,18H,5,10-11H2,1-4H3. The van der Waals surface area contributed by atoms with E-state index in [1.807, 2.05) is 18.2 Å². The van der Waals surface area contributed by atoms with E-state index in [9.17, 15) is 5.11 Å². The molecule has 0 bridgehead atoms. The monoisotopic (exact) mass is 263 g/mol. The maximum absolute atomic E-state index is 10.1. The van der Waals surface area contributed by atoms with Crippen LogP contribution in [-0.4, -0.2) is 34.8 Å². The van der Waals surface area contributed by atoms with Gasteiger partial charge in [0.05, 0.1) is 11.7 Å². The van der Waals surface area contributed by atoms with Gasteiger partial charge < -0.3 is 9.84 Å². The molecule has 1 heterocycles. The molecule has 0 aromatic heterocycles. The quantitative estimate of drug-likeness (QED) is 0.908. The van der Waals surface area contributed by atoms with Gasteiger partial charge in [-0.25, -0.2) is 0 Å². The molecule has 2 unspecified atom stereocenters. The molecule has 1 aromatic carbocycles. The van der Waals surface area contributed by atoms with E-state index < -0.39 is 0 Å². The van der Waals surface area contributed by atoms with Crippen molar-refractivity contribution < 1.29 is 9.84 Å². The summed E-state index contributed by atoms with van der Waals surface area (Å²) >= 11 is 0. The van der Waals surface area contributed by atoms with Crippen molar-refractivity contribution in [3.05, 3.63) is 29.8 Å². The van der Waals surface area contributed by atoms with E-state index in [0.29, 0.717) is 5.75 Å². The summed E-state index contributed by atoms with van der Waals surface area (Å²) in [5.74, 6) is 0.395. The third-order valence-electron chi connectivity index (χ3n) is 3.72. The molecular weight excluding hydrogens is 238 g/mol. The molecule has 0 amide bonds. The van der Waals surface area contributed by atoms with E-state index in [0.717, 1.165) is 25.1 Å². The number of benzene rings is 1. The van der Waals surface area contributed by atoms with Gasteiger partial charge in [0.25, 0.3) is 0 Å². The summed E-state index contributed by atoms with van der Waals surface area (Å²) in [6.07, 6.45) is 1.21. The van der Waals surface area contributed by atoms with E-state index in [2.05, 4.69) is 32.6 Å². The third-order valence-corrected chi connectivity index (χ3v) is 3.72. The lowest BCUT2D eigenvalue weighted by Gasteiger charge is -2.45. The van der Waals surface area contributed by atoms with Gasteiger partial charge in [0, 0.05) is 24.7 Å². The molecule has 0 saturated carbocycles. The van der Waals surface area contributed by atoms with Crippen LogP contribution in [0.5, 0.6) is 5.75 Å². The number of phenolic OH excluding ortho intramolecular Hbond substituents is 1. The highest BCUT2D eigenvalue weighted by Gasteiger charge is 2.35. The van der Waals surface area contributed by atoms with Gasteiger partial charge in [-0.3, -0.25) is 4.90 Å². The first-order valence-electron chi connectivity index (χ1n) is 7.12. The lowest BCUT2D eigenvalue weighted by molar-refractivity contribution is -0.138. The van der Waals surface area contributed by atoms with Crippen LogP contribution in [0.25, 0.3) is 0 Å². The van der Waals surface area contributed by atoms with Crippen LogP contribution in [0.2, 0.25) is 0 Å². The topological polar surface area (TPSA) is 32.7 Å². The van der Waals surface area contributed by atoms with E-state index in [-0.39, 0.29) is 17.7 Å². The minimum atomic E-state index is -0.129. The van der Waals surface area contributed by atoms with Gasteiger partial charge in [-0.05, 0) is 33.3 Å². The number of aromatic hydroxyl groups is 1. The Balaban J connectivity index is 2.25. The van der Waals surface area contributed by atoms with Crippen molar-refractivity contribution in [1.29, 1.82) is 0 Å². The van der Waals surface area contributed by atoms with Crippen molar-refractivity contribution >= 4 is 0 Å². The van der Waals surface area contributed by atoms with Crippen molar-refractivity contribution in [1.82, 2.24) is 4.90 Å². The second-order valence-corrected chi connectivity index (χ2v) is 6.10. The first-order valence-corrected chi connectivity index (χ1v) is 7.12. The zero-order valence-electron chi connectivity index (χ0n) is 12.4. The van der Waals surface area contributed by atoms with E-state index in [4.69, 9.17) is 4.74 Å². The van der Waals surface area contributed by atoms with Crippen molar-refractivity contribution in [3.8, 4) is 5.75 Å². The summed E-state index contributed by atoms with van der Waals surface area (Å²) in [5.41, 5.74) is 0.894. The first-order chi connectivity index (χ1) is 8.93. The van der Waals surface area contributed by atoms with Gasteiger partial charge in [0.15, 0.2) is 0 Å². The molecule has 19 heavy (non-hydrogen) atoms. The summed E-state index contributed by atoms with van der Waals surface area (Å²) in [5, 5.41) is 10.1. The minimum absolute atomic E-state index is 0.129. The van der Waals surface area contributed by atoms with Crippen LogP contribution < -0.4 is 0 Å². The molecule has 1 saturated heterocycles. The average Bonchev–Trinajstić information content (AvgIpc) is 2.30. The molecule has 1 aromatic rings. The molecule has 0 radical (unpaired) electrons. The summed E-state index contributed by atoms with van der Waals surface area (Å²) in [4.78, 5) is 2.43. The van der Waals surface area contributed by atoms with Crippen molar-refractivity contribution in [3.63, 3.8) is 0 Å². The number of morpholine rings is 1. The molecule has 2 atom stereocenters. The Morgan fingerprint density at radius 2 is 2.11 bits per heavy atom. The normalized spacial score (nSPS) is 25.2. The van der Waals surface area contributed by atoms with Crippen molar-refractivity contribution in [2.45, 2.75) is 51.9 Å².